The molecular weight excluding hydrogens is 186 g/mol. The highest BCUT2D eigenvalue weighted by Gasteiger charge is 2.08. The van der Waals surface area contributed by atoms with Crippen molar-refractivity contribution in [3.63, 3.8) is 0 Å². The van der Waals surface area contributed by atoms with Gasteiger partial charge >= 0.3 is 0 Å². The van der Waals surface area contributed by atoms with Crippen molar-refractivity contribution < 1.29 is 0 Å². The summed E-state index contributed by atoms with van der Waals surface area (Å²) in [4.78, 5) is 6.82. The minimum Gasteiger partial charge on any atom is -0.357 e. The summed E-state index contributed by atoms with van der Waals surface area (Å²) in [5, 5.41) is 0. The summed E-state index contributed by atoms with van der Waals surface area (Å²) in [6.07, 6.45) is 0. The highest BCUT2D eigenvalue weighted by atomic mass is 15.2. The second-order valence-electron chi connectivity index (χ2n) is 3.81. The Bertz CT molecular complexity index is 317. The first-order chi connectivity index (χ1) is 7.10. The van der Waals surface area contributed by atoms with Crippen LogP contribution in [0.3, 0.4) is 0 Å². The van der Waals surface area contributed by atoms with E-state index in [2.05, 4.69) is 35.9 Å². The van der Waals surface area contributed by atoms with Crippen molar-refractivity contribution in [2.24, 2.45) is 5.73 Å². The number of aromatic nitrogens is 1. The molecule has 0 saturated heterocycles. The topological polar surface area (TPSA) is 42.1 Å². The van der Waals surface area contributed by atoms with Gasteiger partial charge < -0.3 is 10.6 Å². The minimum atomic E-state index is 0.0586. The van der Waals surface area contributed by atoms with Crippen LogP contribution in [0.5, 0.6) is 0 Å². The van der Waals surface area contributed by atoms with E-state index in [-0.39, 0.29) is 6.04 Å². The summed E-state index contributed by atoms with van der Waals surface area (Å²) in [6, 6.07) is 4.20. The lowest BCUT2D eigenvalue weighted by Gasteiger charge is -2.21. The van der Waals surface area contributed by atoms with Crippen molar-refractivity contribution in [2.45, 2.75) is 33.7 Å². The van der Waals surface area contributed by atoms with Gasteiger partial charge in [0, 0.05) is 24.8 Å². The van der Waals surface area contributed by atoms with Crippen molar-refractivity contribution >= 4 is 5.82 Å². The number of rotatable bonds is 4. The molecule has 0 fully saturated rings. The van der Waals surface area contributed by atoms with Crippen LogP contribution in [0, 0.1) is 6.92 Å². The third kappa shape index (κ3) is 2.69. The van der Waals surface area contributed by atoms with Gasteiger partial charge in [-0.2, -0.15) is 0 Å². The zero-order chi connectivity index (χ0) is 11.4. The third-order valence-corrected chi connectivity index (χ3v) is 2.69. The molecule has 1 atom stereocenters. The minimum absolute atomic E-state index is 0.0586. The van der Waals surface area contributed by atoms with Gasteiger partial charge in [-0.3, -0.25) is 0 Å². The quantitative estimate of drug-likeness (QED) is 0.823. The maximum Gasteiger partial charge on any atom is 0.128 e. The monoisotopic (exact) mass is 207 g/mol. The van der Waals surface area contributed by atoms with Crippen LogP contribution < -0.4 is 10.6 Å². The van der Waals surface area contributed by atoms with Crippen molar-refractivity contribution in [1.29, 1.82) is 0 Å². The van der Waals surface area contributed by atoms with Gasteiger partial charge in [0.1, 0.15) is 5.82 Å². The average molecular weight is 207 g/mol. The Kier molecular flexibility index (Phi) is 4.09. The smallest absolute Gasteiger partial charge is 0.128 e. The molecule has 1 heterocycles. The van der Waals surface area contributed by atoms with Gasteiger partial charge in [-0.05, 0) is 39.3 Å². The van der Waals surface area contributed by atoms with Gasteiger partial charge in [0.2, 0.25) is 0 Å². The van der Waals surface area contributed by atoms with Gasteiger partial charge in [0.15, 0.2) is 0 Å². The normalized spacial score (nSPS) is 12.6. The van der Waals surface area contributed by atoms with Crippen LogP contribution >= 0.6 is 0 Å². The summed E-state index contributed by atoms with van der Waals surface area (Å²) >= 11 is 0. The predicted molar refractivity (Wildman–Crippen MR) is 65.1 cm³/mol. The molecule has 3 nitrogen and oxygen atoms in total. The standard InChI is InChI=1S/C12H21N3/c1-5-15(6-2)12-8-7-11(9(3)13)10(4)14-12/h7-9H,5-6,13H2,1-4H3/t9-/m0/s1. The first kappa shape index (κ1) is 12.0. The average Bonchev–Trinajstić information content (AvgIpc) is 2.19. The summed E-state index contributed by atoms with van der Waals surface area (Å²) in [5.74, 6) is 1.04. The Morgan fingerprint density at radius 3 is 2.33 bits per heavy atom. The van der Waals surface area contributed by atoms with Crippen molar-refractivity contribution in [3.05, 3.63) is 23.4 Å². The van der Waals surface area contributed by atoms with Crippen molar-refractivity contribution in [1.82, 2.24) is 4.98 Å². The zero-order valence-corrected chi connectivity index (χ0v) is 10.1. The largest absolute Gasteiger partial charge is 0.357 e. The number of aryl methyl sites for hydroxylation is 1. The van der Waals surface area contributed by atoms with Crippen LogP contribution in [0.25, 0.3) is 0 Å². The van der Waals surface area contributed by atoms with Gasteiger partial charge in [0.25, 0.3) is 0 Å². The summed E-state index contributed by atoms with van der Waals surface area (Å²) < 4.78 is 0. The van der Waals surface area contributed by atoms with Crippen LogP contribution in [-0.4, -0.2) is 18.1 Å². The van der Waals surface area contributed by atoms with E-state index in [1.807, 2.05) is 13.8 Å². The van der Waals surface area contributed by atoms with Gasteiger partial charge in [0.05, 0.1) is 0 Å². The van der Waals surface area contributed by atoms with E-state index >= 15 is 0 Å². The van der Waals surface area contributed by atoms with Gasteiger partial charge in [-0.15, -0.1) is 0 Å². The summed E-state index contributed by atoms with van der Waals surface area (Å²) in [5.41, 5.74) is 8.02. The van der Waals surface area contributed by atoms with Crippen LogP contribution in [0.1, 0.15) is 38.1 Å². The van der Waals surface area contributed by atoms with E-state index in [0.717, 1.165) is 30.2 Å². The van der Waals surface area contributed by atoms with E-state index in [0.29, 0.717) is 0 Å². The van der Waals surface area contributed by atoms with E-state index in [1.54, 1.807) is 0 Å². The molecule has 0 aliphatic rings. The molecule has 84 valence electrons. The van der Waals surface area contributed by atoms with Crippen LogP contribution in [0.15, 0.2) is 12.1 Å². The van der Waals surface area contributed by atoms with Gasteiger partial charge in [-0.1, -0.05) is 6.07 Å². The second-order valence-corrected chi connectivity index (χ2v) is 3.81. The number of nitrogens with two attached hydrogens (primary N) is 1. The first-order valence-corrected chi connectivity index (χ1v) is 5.58. The van der Waals surface area contributed by atoms with E-state index in [4.69, 9.17) is 5.73 Å². The highest BCUT2D eigenvalue weighted by Crippen LogP contribution is 2.18. The SMILES string of the molecule is CCN(CC)c1ccc([C@H](C)N)c(C)n1. The maximum absolute atomic E-state index is 5.85. The lowest BCUT2D eigenvalue weighted by atomic mass is 10.1. The van der Waals surface area contributed by atoms with Crippen LogP contribution in [-0.2, 0) is 0 Å². The number of hydrogen-bond acceptors (Lipinski definition) is 3. The molecule has 0 aliphatic carbocycles. The molecule has 0 aromatic carbocycles. The van der Waals surface area contributed by atoms with E-state index < -0.39 is 0 Å². The third-order valence-electron chi connectivity index (χ3n) is 2.69. The molecule has 0 bridgehead atoms. The van der Waals surface area contributed by atoms with Crippen LogP contribution in [0.2, 0.25) is 0 Å². The zero-order valence-electron chi connectivity index (χ0n) is 10.1. The molecule has 1 aromatic rings. The Hall–Kier alpha value is -1.09. The lowest BCUT2D eigenvalue weighted by Crippen LogP contribution is -2.23. The molecule has 2 N–H and O–H groups in total. The fourth-order valence-corrected chi connectivity index (χ4v) is 1.76. The number of nitrogens with zero attached hydrogens (tertiary/aromatic N) is 2. The molecule has 0 radical (unpaired) electrons. The molecule has 0 aliphatic heterocycles. The van der Waals surface area contributed by atoms with Crippen molar-refractivity contribution in [2.75, 3.05) is 18.0 Å². The van der Waals surface area contributed by atoms with Gasteiger partial charge in [-0.25, -0.2) is 4.98 Å². The predicted octanol–water partition coefficient (Wildman–Crippen LogP) is 2.26. The molecule has 0 saturated carbocycles. The molecule has 1 rings (SSSR count). The lowest BCUT2D eigenvalue weighted by molar-refractivity contribution is 0.788. The summed E-state index contributed by atoms with van der Waals surface area (Å²) in [7, 11) is 0. The van der Waals surface area contributed by atoms with Crippen LogP contribution in [0.4, 0.5) is 5.82 Å². The van der Waals surface area contributed by atoms with E-state index in [9.17, 15) is 0 Å². The summed E-state index contributed by atoms with van der Waals surface area (Å²) in [6.45, 7) is 10.3. The molecule has 0 unspecified atom stereocenters. The van der Waals surface area contributed by atoms with Crippen molar-refractivity contribution in [3.8, 4) is 0 Å². The Morgan fingerprint density at radius 1 is 1.33 bits per heavy atom. The number of hydrogen-bond donors (Lipinski definition) is 1. The molecule has 3 heteroatoms. The molecule has 1 aromatic heterocycles. The molecule has 15 heavy (non-hydrogen) atoms. The Balaban J connectivity index is 3.00. The molecule has 0 amide bonds. The number of pyridine rings is 1. The number of anilines is 1. The fourth-order valence-electron chi connectivity index (χ4n) is 1.76. The second kappa shape index (κ2) is 5.12. The Morgan fingerprint density at radius 2 is 1.93 bits per heavy atom. The highest BCUT2D eigenvalue weighted by molar-refractivity contribution is 5.42. The molecular formula is C12H21N3. The first-order valence-electron chi connectivity index (χ1n) is 5.58. The fraction of sp³-hybridized carbons (Fsp3) is 0.583. The van der Waals surface area contributed by atoms with E-state index in [1.165, 1.54) is 0 Å². The molecule has 0 spiro atoms. The maximum atomic E-state index is 5.85. The Labute approximate surface area is 92.3 Å².